The van der Waals surface area contributed by atoms with E-state index >= 15 is 0 Å². The first kappa shape index (κ1) is 11.9. The molecule has 0 spiro atoms. The molecule has 0 aromatic heterocycles. The fraction of sp³-hybridized carbons (Fsp3) is 0.778. The molecule has 0 bridgehead atoms. The Kier molecular flexibility index (Phi) is 4.43. The molecule has 0 saturated carbocycles. The van der Waals surface area contributed by atoms with E-state index in [1.54, 1.807) is 13.8 Å². The number of nitrogens with zero attached hydrogens (tertiary/aromatic N) is 1. The van der Waals surface area contributed by atoms with Gasteiger partial charge in [-0.05, 0) is 19.8 Å². The molecule has 13 heavy (non-hydrogen) atoms. The van der Waals surface area contributed by atoms with E-state index in [-0.39, 0.29) is 0 Å². The molecule has 0 unspecified atom stereocenters. The molecule has 0 fully saturated rings. The van der Waals surface area contributed by atoms with Gasteiger partial charge in [0.25, 0.3) is 5.91 Å². The summed E-state index contributed by atoms with van der Waals surface area (Å²) < 4.78 is 0. The Morgan fingerprint density at radius 2 is 2.15 bits per heavy atom. The predicted octanol–water partition coefficient (Wildman–Crippen LogP) is 1.24. The molecule has 0 aromatic carbocycles. The average Bonchev–Trinajstić information content (AvgIpc) is 2.03. The largest absolute Gasteiger partial charge is 0.273 e. The number of nitriles is 1. The van der Waals surface area contributed by atoms with Crippen LogP contribution in [0.2, 0.25) is 0 Å². The highest BCUT2D eigenvalue weighted by Gasteiger charge is 2.27. The number of rotatable bonds is 4. The minimum atomic E-state index is -1.03. The summed E-state index contributed by atoms with van der Waals surface area (Å²) in [6, 6.07) is 1.89. The van der Waals surface area contributed by atoms with E-state index in [9.17, 15) is 4.79 Å². The minimum Gasteiger partial charge on any atom is -0.273 e. The van der Waals surface area contributed by atoms with Crippen molar-refractivity contribution in [2.24, 2.45) is 11.3 Å². The van der Waals surface area contributed by atoms with Gasteiger partial charge in [-0.15, -0.1) is 0 Å². The Morgan fingerprint density at radius 3 is 2.54 bits per heavy atom. The molecule has 0 heterocycles. The van der Waals surface area contributed by atoms with Crippen molar-refractivity contribution in [3.05, 3.63) is 0 Å². The second-order valence-corrected chi connectivity index (χ2v) is 3.87. The van der Waals surface area contributed by atoms with Crippen LogP contribution in [0.25, 0.3) is 0 Å². The fourth-order valence-electron chi connectivity index (χ4n) is 0.452. The van der Waals surface area contributed by atoms with Gasteiger partial charge in [0.15, 0.2) is 0 Å². The first-order chi connectivity index (χ1) is 5.90. The zero-order valence-electron chi connectivity index (χ0n) is 8.55. The van der Waals surface area contributed by atoms with Crippen LogP contribution in [0.4, 0.5) is 0 Å². The summed E-state index contributed by atoms with van der Waals surface area (Å²) in [6.07, 6.45) is 0. The Morgan fingerprint density at radius 1 is 1.62 bits per heavy atom. The first-order valence-corrected chi connectivity index (χ1v) is 4.23. The number of hydrogen-bond donors (Lipinski definition) is 1. The molecule has 0 saturated heterocycles. The summed E-state index contributed by atoms with van der Waals surface area (Å²) in [5, 5.41) is 8.61. The number of hydrogen-bond acceptors (Lipinski definition) is 3. The van der Waals surface area contributed by atoms with Gasteiger partial charge in [-0.3, -0.25) is 9.63 Å². The summed E-state index contributed by atoms with van der Waals surface area (Å²) in [6.45, 7) is 7.48. The summed E-state index contributed by atoms with van der Waals surface area (Å²) in [7, 11) is 0. The van der Waals surface area contributed by atoms with Gasteiger partial charge < -0.3 is 0 Å². The fourth-order valence-corrected chi connectivity index (χ4v) is 0.452. The molecule has 4 nitrogen and oxygen atoms in total. The van der Waals surface area contributed by atoms with E-state index in [0.29, 0.717) is 12.5 Å². The summed E-state index contributed by atoms with van der Waals surface area (Å²) >= 11 is 0. The molecule has 0 atom stereocenters. The molecule has 1 amide bonds. The molecular formula is C9H16N2O2. The third-order valence-corrected chi connectivity index (χ3v) is 1.43. The van der Waals surface area contributed by atoms with Crippen molar-refractivity contribution in [2.45, 2.75) is 27.7 Å². The SMILES string of the molecule is CC(C)CONC(=O)C(C)(C)C#N. The molecule has 4 heteroatoms. The second kappa shape index (κ2) is 4.83. The van der Waals surface area contributed by atoms with Crippen molar-refractivity contribution in [2.75, 3.05) is 6.61 Å². The van der Waals surface area contributed by atoms with Crippen molar-refractivity contribution in [3.63, 3.8) is 0 Å². The van der Waals surface area contributed by atoms with Crippen LogP contribution in [-0.2, 0) is 9.63 Å². The monoisotopic (exact) mass is 184 g/mol. The van der Waals surface area contributed by atoms with Crippen molar-refractivity contribution >= 4 is 5.91 Å². The van der Waals surface area contributed by atoms with Gasteiger partial charge in [0.2, 0.25) is 0 Å². The zero-order valence-corrected chi connectivity index (χ0v) is 8.55. The molecule has 0 aliphatic carbocycles. The van der Waals surface area contributed by atoms with Crippen LogP contribution in [0.15, 0.2) is 0 Å². The highest BCUT2D eigenvalue weighted by atomic mass is 16.7. The molecule has 0 rings (SSSR count). The lowest BCUT2D eigenvalue weighted by atomic mass is 9.95. The van der Waals surface area contributed by atoms with Gasteiger partial charge in [-0.25, -0.2) is 5.48 Å². The van der Waals surface area contributed by atoms with Crippen molar-refractivity contribution in [1.82, 2.24) is 5.48 Å². The molecule has 0 radical (unpaired) electrons. The van der Waals surface area contributed by atoms with E-state index in [2.05, 4.69) is 5.48 Å². The van der Waals surface area contributed by atoms with E-state index in [0.717, 1.165) is 0 Å². The number of nitrogens with one attached hydrogen (secondary N) is 1. The molecular weight excluding hydrogens is 168 g/mol. The summed E-state index contributed by atoms with van der Waals surface area (Å²) in [5.74, 6) is -0.0545. The van der Waals surface area contributed by atoms with E-state index in [1.165, 1.54) is 0 Å². The smallest absolute Gasteiger partial charge is 0.263 e. The first-order valence-electron chi connectivity index (χ1n) is 4.23. The van der Waals surface area contributed by atoms with Gasteiger partial charge in [0.1, 0.15) is 5.41 Å². The normalized spacial score (nSPS) is 11.1. The maximum atomic E-state index is 11.2. The lowest BCUT2D eigenvalue weighted by Gasteiger charge is -2.15. The average molecular weight is 184 g/mol. The Bertz CT molecular complexity index is 216. The maximum absolute atomic E-state index is 11.2. The number of amides is 1. The van der Waals surface area contributed by atoms with Crippen LogP contribution >= 0.6 is 0 Å². The van der Waals surface area contributed by atoms with Crippen LogP contribution in [0, 0.1) is 22.7 Å². The van der Waals surface area contributed by atoms with E-state index < -0.39 is 11.3 Å². The highest BCUT2D eigenvalue weighted by Crippen LogP contribution is 2.12. The highest BCUT2D eigenvalue weighted by molar-refractivity contribution is 5.83. The van der Waals surface area contributed by atoms with Gasteiger partial charge in [-0.2, -0.15) is 5.26 Å². The summed E-state index contributed by atoms with van der Waals surface area (Å²) in [4.78, 5) is 16.1. The number of carbonyl (C=O) groups excluding carboxylic acids is 1. The Balaban J connectivity index is 3.84. The van der Waals surface area contributed by atoms with Crippen LogP contribution in [-0.4, -0.2) is 12.5 Å². The zero-order chi connectivity index (χ0) is 10.5. The summed E-state index contributed by atoms with van der Waals surface area (Å²) in [5.41, 5.74) is 1.21. The van der Waals surface area contributed by atoms with Crippen molar-refractivity contribution < 1.29 is 9.63 Å². The second-order valence-electron chi connectivity index (χ2n) is 3.87. The molecule has 1 N–H and O–H groups in total. The molecule has 0 aromatic rings. The Hall–Kier alpha value is -1.08. The number of hydroxylamine groups is 1. The molecule has 0 aliphatic rings. The van der Waals surface area contributed by atoms with Crippen LogP contribution in [0.3, 0.4) is 0 Å². The van der Waals surface area contributed by atoms with Crippen molar-refractivity contribution in [3.8, 4) is 6.07 Å². The van der Waals surface area contributed by atoms with Crippen LogP contribution in [0.1, 0.15) is 27.7 Å². The standard InChI is InChI=1S/C9H16N2O2/c1-7(2)5-13-11-8(12)9(3,4)6-10/h7H,5H2,1-4H3,(H,11,12). The quantitative estimate of drug-likeness (QED) is 0.668. The van der Waals surface area contributed by atoms with E-state index in [4.69, 9.17) is 10.1 Å². The van der Waals surface area contributed by atoms with Crippen molar-refractivity contribution in [1.29, 1.82) is 5.26 Å². The Labute approximate surface area is 78.8 Å². The predicted molar refractivity (Wildman–Crippen MR) is 48.3 cm³/mol. The maximum Gasteiger partial charge on any atom is 0.263 e. The lowest BCUT2D eigenvalue weighted by molar-refractivity contribution is -0.140. The van der Waals surface area contributed by atoms with Crippen LogP contribution < -0.4 is 5.48 Å². The number of carbonyl (C=O) groups is 1. The van der Waals surface area contributed by atoms with Gasteiger partial charge in [0, 0.05) is 0 Å². The molecule has 74 valence electrons. The topological polar surface area (TPSA) is 62.1 Å². The van der Waals surface area contributed by atoms with Gasteiger partial charge in [0.05, 0.1) is 12.7 Å². The van der Waals surface area contributed by atoms with Gasteiger partial charge >= 0.3 is 0 Å². The minimum absolute atomic E-state index is 0.352. The molecule has 0 aliphatic heterocycles. The third-order valence-electron chi connectivity index (χ3n) is 1.43. The van der Waals surface area contributed by atoms with E-state index in [1.807, 2.05) is 19.9 Å². The van der Waals surface area contributed by atoms with Gasteiger partial charge in [-0.1, -0.05) is 13.8 Å². The van der Waals surface area contributed by atoms with Crippen LogP contribution in [0.5, 0.6) is 0 Å². The third kappa shape index (κ3) is 4.48. The lowest BCUT2D eigenvalue weighted by Crippen LogP contribution is -2.36.